The Hall–Kier alpha value is -3.51. The number of likely N-dealkylation sites (N-methyl/N-ethyl adjacent to an activating group) is 1. The number of pyridine rings is 1. The molecular formula is C25H26N4O2. The van der Waals surface area contributed by atoms with E-state index in [-0.39, 0.29) is 17.9 Å². The van der Waals surface area contributed by atoms with Gasteiger partial charge >= 0.3 is 0 Å². The minimum atomic E-state index is -0.253. The van der Waals surface area contributed by atoms with E-state index in [1.807, 2.05) is 13.0 Å². The first-order valence-electron chi connectivity index (χ1n) is 10.4. The van der Waals surface area contributed by atoms with Crippen LogP contribution < -0.4 is 10.6 Å². The third kappa shape index (κ3) is 4.81. The highest BCUT2D eigenvalue weighted by atomic mass is 16.2. The summed E-state index contributed by atoms with van der Waals surface area (Å²) in [7, 11) is 2.09. The minimum absolute atomic E-state index is 0.149. The van der Waals surface area contributed by atoms with E-state index >= 15 is 0 Å². The van der Waals surface area contributed by atoms with Gasteiger partial charge in [-0.1, -0.05) is 30.3 Å². The first-order valence-corrected chi connectivity index (χ1v) is 10.4. The summed E-state index contributed by atoms with van der Waals surface area (Å²) in [6.45, 7) is 3.34. The maximum Gasteiger partial charge on any atom is 0.257 e. The smallest absolute Gasteiger partial charge is 0.257 e. The van der Waals surface area contributed by atoms with E-state index < -0.39 is 0 Å². The summed E-state index contributed by atoms with van der Waals surface area (Å²) in [5.41, 5.74) is 5.18. The zero-order valence-electron chi connectivity index (χ0n) is 17.8. The molecule has 4 rings (SSSR count). The van der Waals surface area contributed by atoms with E-state index in [4.69, 9.17) is 0 Å². The summed E-state index contributed by atoms with van der Waals surface area (Å²) >= 11 is 0. The van der Waals surface area contributed by atoms with Crippen LogP contribution in [0.25, 0.3) is 0 Å². The molecule has 2 amide bonds. The molecule has 0 fully saturated rings. The first kappa shape index (κ1) is 20.8. The second-order valence-electron chi connectivity index (χ2n) is 7.98. The number of hydrogen-bond acceptors (Lipinski definition) is 4. The zero-order chi connectivity index (χ0) is 21.8. The van der Waals surface area contributed by atoms with Crippen LogP contribution in [-0.4, -0.2) is 41.3 Å². The van der Waals surface area contributed by atoms with E-state index in [9.17, 15) is 9.59 Å². The molecule has 1 unspecified atom stereocenters. The first-order chi connectivity index (χ1) is 15.0. The van der Waals surface area contributed by atoms with Crippen LogP contribution >= 0.6 is 0 Å². The number of aromatic nitrogens is 1. The van der Waals surface area contributed by atoms with E-state index in [0.717, 1.165) is 18.5 Å². The molecule has 1 atom stereocenters. The Balaban J connectivity index is 1.41. The number of nitrogens with one attached hydrogen (secondary N) is 2. The molecule has 1 aromatic heterocycles. The lowest BCUT2D eigenvalue weighted by molar-refractivity contribution is 0.0933. The van der Waals surface area contributed by atoms with Crippen molar-refractivity contribution in [2.45, 2.75) is 25.9 Å². The standard InChI is InChI=1S/C25H26N4O2/c1-17-9-10-19(13-23(17)28-25(31)20-8-5-11-26-14-20)24(30)27-15-22-12-18-6-3-4-7-21(18)16-29(22)2/h3-11,13-14,22H,12,15-16H2,1-2H3,(H,27,30)(H,28,31). The summed E-state index contributed by atoms with van der Waals surface area (Å²) < 4.78 is 0. The average Bonchev–Trinajstić information content (AvgIpc) is 2.79. The van der Waals surface area contributed by atoms with Crippen molar-refractivity contribution in [2.75, 3.05) is 18.9 Å². The highest BCUT2D eigenvalue weighted by Crippen LogP contribution is 2.22. The van der Waals surface area contributed by atoms with Gasteiger partial charge in [0.1, 0.15) is 0 Å². The van der Waals surface area contributed by atoms with Crippen molar-refractivity contribution in [2.24, 2.45) is 0 Å². The number of anilines is 1. The lowest BCUT2D eigenvalue weighted by Crippen LogP contribution is -2.45. The molecule has 2 heterocycles. The SMILES string of the molecule is Cc1ccc(C(=O)NCC2Cc3ccccc3CN2C)cc1NC(=O)c1cccnc1. The fourth-order valence-corrected chi connectivity index (χ4v) is 3.85. The Bertz CT molecular complexity index is 1100. The molecule has 1 aliphatic heterocycles. The molecule has 0 bridgehead atoms. The normalized spacial score (nSPS) is 15.7. The van der Waals surface area contributed by atoms with Crippen molar-refractivity contribution >= 4 is 17.5 Å². The van der Waals surface area contributed by atoms with Crippen LogP contribution in [0.1, 0.15) is 37.4 Å². The van der Waals surface area contributed by atoms with E-state index in [2.05, 4.69) is 51.8 Å². The zero-order valence-corrected chi connectivity index (χ0v) is 17.8. The number of amides is 2. The lowest BCUT2D eigenvalue weighted by atomic mass is 9.94. The topological polar surface area (TPSA) is 74.3 Å². The van der Waals surface area contributed by atoms with Gasteiger partial charge in [0.05, 0.1) is 5.56 Å². The van der Waals surface area contributed by atoms with Crippen LogP contribution in [0.2, 0.25) is 0 Å². The molecule has 158 valence electrons. The van der Waals surface area contributed by atoms with Gasteiger partial charge < -0.3 is 10.6 Å². The van der Waals surface area contributed by atoms with Crippen molar-refractivity contribution in [1.29, 1.82) is 0 Å². The second-order valence-corrected chi connectivity index (χ2v) is 7.98. The number of hydrogen-bond donors (Lipinski definition) is 2. The minimum Gasteiger partial charge on any atom is -0.350 e. The molecule has 6 nitrogen and oxygen atoms in total. The second kappa shape index (κ2) is 9.10. The quantitative estimate of drug-likeness (QED) is 0.671. The molecule has 2 N–H and O–H groups in total. The highest BCUT2D eigenvalue weighted by molar-refractivity contribution is 6.05. The molecule has 2 aromatic carbocycles. The van der Waals surface area contributed by atoms with Gasteiger partial charge in [0.15, 0.2) is 0 Å². The van der Waals surface area contributed by atoms with Crippen LogP contribution in [0.5, 0.6) is 0 Å². The predicted molar refractivity (Wildman–Crippen MR) is 121 cm³/mol. The predicted octanol–water partition coefficient (Wildman–Crippen LogP) is 3.43. The fraction of sp³-hybridized carbons (Fsp3) is 0.240. The van der Waals surface area contributed by atoms with Crippen LogP contribution in [-0.2, 0) is 13.0 Å². The van der Waals surface area contributed by atoms with Gasteiger partial charge in [-0.25, -0.2) is 0 Å². The van der Waals surface area contributed by atoms with Crippen molar-refractivity contribution in [1.82, 2.24) is 15.2 Å². The molecule has 0 radical (unpaired) electrons. The third-order valence-electron chi connectivity index (χ3n) is 5.79. The molecule has 0 saturated heterocycles. The summed E-state index contributed by atoms with van der Waals surface area (Å²) in [4.78, 5) is 31.5. The molecule has 0 spiro atoms. The maximum atomic E-state index is 12.8. The van der Waals surface area contributed by atoms with E-state index in [1.165, 1.54) is 17.3 Å². The summed E-state index contributed by atoms with van der Waals surface area (Å²) in [6, 6.07) is 17.5. The molecule has 1 aliphatic rings. The summed E-state index contributed by atoms with van der Waals surface area (Å²) in [6.07, 6.45) is 4.04. The number of aryl methyl sites for hydroxylation is 1. The Morgan fingerprint density at radius 1 is 1.03 bits per heavy atom. The Labute approximate surface area is 182 Å². The number of carbonyl (C=O) groups is 2. The lowest BCUT2D eigenvalue weighted by Gasteiger charge is -2.34. The van der Waals surface area contributed by atoms with Gasteiger partial charge in [0.25, 0.3) is 11.8 Å². The van der Waals surface area contributed by atoms with Gasteiger partial charge in [-0.3, -0.25) is 19.5 Å². The maximum absolute atomic E-state index is 12.8. The van der Waals surface area contributed by atoms with Crippen molar-refractivity contribution in [3.8, 4) is 0 Å². The van der Waals surface area contributed by atoms with E-state index in [1.54, 1.807) is 30.5 Å². The average molecular weight is 415 g/mol. The molecule has 31 heavy (non-hydrogen) atoms. The monoisotopic (exact) mass is 414 g/mol. The summed E-state index contributed by atoms with van der Waals surface area (Å²) in [5.74, 6) is -0.402. The third-order valence-corrected chi connectivity index (χ3v) is 5.79. The Morgan fingerprint density at radius 3 is 2.61 bits per heavy atom. The molecule has 3 aromatic rings. The fourth-order valence-electron chi connectivity index (χ4n) is 3.85. The van der Waals surface area contributed by atoms with Crippen molar-refractivity contribution in [3.05, 3.63) is 94.8 Å². The molecular weight excluding hydrogens is 388 g/mol. The Kier molecular flexibility index (Phi) is 6.09. The van der Waals surface area contributed by atoms with Crippen LogP contribution in [0.3, 0.4) is 0 Å². The number of nitrogens with zero attached hydrogens (tertiary/aromatic N) is 2. The van der Waals surface area contributed by atoms with Crippen LogP contribution in [0.15, 0.2) is 67.0 Å². The van der Waals surface area contributed by atoms with Gasteiger partial charge in [0, 0.05) is 42.8 Å². The van der Waals surface area contributed by atoms with E-state index in [0.29, 0.717) is 23.4 Å². The molecule has 0 saturated carbocycles. The summed E-state index contributed by atoms with van der Waals surface area (Å²) in [5, 5.41) is 5.94. The number of fused-ring (bicyclic) bond motifs is 1. The number of rotatable bonds is 5. The van der Waals surface area contributed by atoms with Gasteiger partial charge in [-0.05, 0) is 61.3 Å². The van der Waals surface area contributed by atoms with Gasteiger partial charge in [0.2, 0.25) is 0 Å². The van der Waals surface area contributed by atoms with Gasteiger partial charge in [-0.2, -0.15) is 0 Å². The van der Waals surface area contributed by atoms with Gasteiger partial charge in [-0.15, -0.1) is 0 Å². The number of benzene rings is 2. The van der Waals surface area contributed by atoms with Crippen LogP contribution in [0, 0.1) is 6.92 Å². The largest absolute Gasteiger partial charge is 0.350 e. The van der Waals surface area contributed by atoms with Crippen molar-refractivity contribution in [3.63, 3.8) is 0 Å². The van der Waals surface area contributed by atoms with Crippen molar-refractivity contribution < 1.29 is 9.59 Å². The number of carbonyl (C=O) groups excluding carboxylic acids is 2. The molecule has 6 heteroatoms. The Morgan fingerprint density at radius 2 is 1.84 bits per heavy atom. The highest BCUT2D eigenvalue weighted by Gasteiger charge is 2.23. The molecule has 0 aliphatic carbocycles. The van der Waals surface area contributed by atoms with Crippen LogP contribution in [0.4, 0.5) is 5.69 Å².